The minimum atomic E-state index is -1.17. The van der Waals surface area contributed by atoms with Gasteiger partial charge in [-0.3, -0.25) is 13.8 Å². The third-order valence-electron chi connectivity index (χ3n) is 6.03. The molecule has 1 aromatic carbocycles. The highest BCUT2D eigenvalue weighted by atomic mass is 32.2. The van der Waals surface area contributed by atoms with E-state index < -0.39 is 16.4 Å². The minimum Gasteiger partial charge on any atom is -0.444 e. The van der Waals surface area contributed by atoms with E-state index in [0.717, 1.165) is 27.4 Å². The fraction of sp³-hybridized carbons (Fsp3) is 0.333. The van der Waals surface area contributed by atoms with Crippen molar-refractivity contribution in [3.05, 3.63) is 67.0 Å². The van der Waals surface area contributed by atoms with E-state index in [-0.39, 0.29) is 11.3 Å². The van der Waals surface area contributed by atoms with Crippen molar-refractivity contribution < 1.29 is 13.7 Å². The average molecular weight is 504 g/mol. The van der Waals surface area contributed by atoms with Crippen LogP contribution in [0.25, 0.3) is 28.4 Å². The number of rotatable bonds is 4. The lowest BCUT2D eigenvalue weighted by Crippen LogP contribution is -2.43. The van der Waals surface area contributed by atoms with Crippen LogP contribution in [0.3, 0.4) is 0 Å². The van der Waals surface area contributed by atoms with Gasteiger partial charge in [0.25, 0.3) is 0 Å². The summed E-state index contributed by atoms with van der Waals surface area (Å²) in [5.74, 6) is 0.702. The fourth-order valence-corrected chi connectivity index (χ4v) is 5.75. The zero-order valence-corrected chi connectivity index (χ0v) is 21.4. The molecule has 1 fully saturated rings. The summed E-state index contributed by atoms with van der Waals surface area (Å²) in [7, 11) is -1.17. The first-order valence-corrected chi connectivity index (χ1v) is 13.3. The monoisotopic (exact) mass is 503 g/mol. The highest BCUT2D eigenvalue weighted by Crippen LogP contribution is 2.28. The van der Waals surface area contributed by atoms with Gasteiger partial charge in [0, 0.05) is 41.3 Å². The number of hydrogen-bond donors (Lipinski definition) is 0. The Morgan fingerprint density at radius 2 is 1.69 bits per heavy atom. The number of hydrogen-bond acceptors (Lipinski definition) is 6. The van der Waals surface area contributed by atoms with E-state index >= 15 is 0 Å². The molecule has 1 aliphatic rings. The average Bonchev–Trinajstić information content (AvgIpc) is 3.28. The normalized spacial score (nSPS) is 15.7. The summed E-state index contributed by atoms with van der Waals surface area (Å²) in [4.78, 5) is 28.6. The van der Waals surface area contributed by atoms with E-state index in [4.69, 9.17) is 9.72 Å². The number of aromatic nitrogens is 4. The molecule has 8 nitrogen and oxygen atoms in total. The molecule has 1 saturated heterocycles. The molecule has 0 N–H and O–H groups in total. The number of pyridine rings is 2. The highest BCUT2D eigenvalue weighted by molar-refractivity contribution is 7.85. The Bertz CT molecular complexity index is 1390. The minimum absolute atomic E-state index is 0.00522. The van der Waals surface area contributed by atoms with E-state index in [0.29, 0.717) is 31.8 Å². The van der Waals surface area contributed by atoms with Crippen molar-refractivity contribution in [2.75, 3.05) is 13.1 Å². The summed E-state index contributed by atoms with van der Waals surface area (Å²) in [6.07, 6.45) is 4.53. The van der Waals surface area contributed by atoms with Crippen molar-refractivity contribution in [1.82, 2.24) is 24.4 Å². The first-order valence-electron chi connectivity index (χ1n) is 12.0. The van der Waals surface area contributed by atoms with Gasteiger partial charge in [0.05, 0.1) is 10.8 Å². The number of ether oxygens (including phenoxy) is 1. The van der Waals surface area contributed by atoms with Crippen LogP contribution in [0.15, 0.2) is 71.9 Å². The van der Waals surface area contributed by atoms with Crippen LogP contribution in [0, 0.1) is 0 Å². The Balaban J connectivity index is 1.35. The number of benzene rings is 1. The quantitative estimate of drug-likeness (QED) is 0.390. The summed E-state index contributed by atoms with van der Waals surface area (Å²) in [5, 5.41) is -0.00522. The molecule has 1 unspecified atom stereocenters. The molecule has 186 valence electrons. The highest BCUT2D eigenvalue weighted by Gasteiger charge is 2.30. The molecule has 9 heteroatoms. The Labute approximate surface area is 212 Å². The second-order valence-electron chi connectivity index (χ2n) is 9.79. The SMILES string of the molecule is CC(C)(C)OC(=O)N1CCC(S(=O)c2ccc(-n3c(-c4ccccn4)nc4cccnc43)cc2)CC1. The third-order valence-corrected chi connectivity index (χ3v) is 7.85. The summed E-state index contributed by atoms with van der Waals surface area (Å²) >= 11 is 0. The van der Waals surface area contributed by atoms with Gasteiger partial charge in [0.15, 0.2) is 11.5 Å². The molecular weight excluding hydrogens is 474 g/mol. The van der Waals surface area contributed by atoms with Crippen LogP contribution in [-0.2, 0) is 15.5 Å². The molecule has 5 rings (SSSR count). The summed E-state index contributed by atoms with van der Waals surface area (Å²) < 4.78 is 20.8. The van der Waals surface area contributed by atoms with Gasteiger partial charge in [-0.25, -0.2) is 14.8 Å². The van der Waals surface area contributed by atoms with E-state index in [9.17, 15) is 9.00 Å². The van der Waals surface area contributed by atoms with Gasteiger partial charge in [-0.15, -0.1) is 0 Å². The van der Waals surface area contributed by atoms with Gasteiger partial charge in [-0.2, -0.15) is 0 Å². The maximum absolute atomic E-state index is 13.3. The summed E-state index contributed by atoms with van der Waals surface area (Å²) in [6, 6.07) is 17.2. The smallest absolute Gasteiger partial charge is 0.410 e. The van der Waals surface area contributed by atoms with Gasteiger partial charge < -0.3 is 9.64 Å². The molecule has 36 heavy (non-hydrogen) atoms. The van der Waals surface area contributed by atoms with Gasteiger partial charge in [0.1, 0.15) is 16.8 Å². The first-order chi connectivity index (χ1) is 17.3. The van der Waals surface area contributed by atoms with Crippen molar-refractivity contribution in [3.8, 4) is 17.2 Å². The molecule has 1 aliphatic heterocycles. The lowest BCUT2D eigenvalue weighted by atomic mass is 10.1. The number of imidazole rings is 1. The number of carbonyl (C=O) groups is 1. The van der Waals surface area contributed by atoms with Crippen LogP contribution in [0.5, 0.6) is 0 Å². The van der Waals surface area contributed by atoms with Crippen LogP contribution in [0.1, 0.15) is 33.6 Å². The standard InChI is InChI=1S/C27H29N5O3S/c1-27(2,3)35-26(33)31-17-13-21(14-18-31)36(34)20-11-9-19(10-12-20)32-24-23(8-6-16-29-24)30-25(32)22-7-4-5-15-28-22/h4-12,15-16,21H,13-14,17-18H2,1-3H3. The molecule has 4 aromatic rings. The first kappa shape index (κ1) is 24.1. The molecule has 4 heterocycles. The van der Waals surface area contributed by atoms with Crippen molar-refractivity contribution in [2.24, 2.45) is 0 Å². The molecule has 1 amide bonds. The number of amides is 1. The molecule has 0 aliphatic carbocycles. The van der Waals surface area contributed by atoms with E-state index in [1.165, 1.54) is 0 Å². The Morgan fingerprint density at radius 1 is 0.972 bits per heavy atom. The van der Waals surface area contributed by atoms with Gasteiger partial charge in [0.2, 0.25) is 0 Å². The molecule has 0 radical (unpaired) electrons. The fourth-order valence-electron chi connectivity index (χ4n) is 4.32. The van der Waals surface area contributed by atoms with Crippen LogP contribution in [-0.4, -0.2) is 58.7 Å². The van der Waals surface area contributed by atoms with Crippen molar-refractivity contribution >= 4 is 28.1 Å². The maximum Gasteiger partial charge on any atom is 0.410 e. The number of nitrogens with zero attached hydrogens (tertiary/aromatic N) is 5. The lowest BCUT2D eigenvalue weighted by molar-refractivity contribution is 0.0218. The second-order valence-corrected chi connectivity index (χ2v) is 11.5. The largest absolute Gasteiger partial charge is 0.444 e. The van der Waals surface area contributed by atoms with Gasteiger partial charge >= 0.3 is 6.09 Å². The Kier molecular flexibility index (Phi) is 6.57. The predicted octanol–water partition coefficient (Wildman–Crippen LogP) is 4.99. The maximum atomic E-state index is 13.3. The predicted molar refractivity (Wildman–Crippen MR) is 139 cm³/mol. The molecule has 3 aromatic heterocycles. The van der Waals surface area contributed by atoms with Crippen molar-refractivity contribution in [3.63, 3.8) is 0 Å². The molecule has 0 spiro atoms. The Morgan fingerprint density at radius 3 is 2.36 bits per heavy atom. The van der Waals surface area contributed by atoms with Crippen LogP contribution in [0.2, 0.25) is 0 Å². The molecular formula is C27H29N5O3S. The number of fused-ring (bicyclic) bond motifs is 1. The number of likely N-dealkylation sites (tertiary alicyclic amines) is 1. The van der Waals surface area contributed by atoms with E-state index in [1.807, 2.05) is 79.9 Å². The second kappa shape index (κ2) is 9.81. The van der Waals surface area contributed by atoms with Gasteiger partial charge in [-0.1, -0.05) is 6.07 Å². The van der Waals surface area contributed by atoms with Crippen LogP contribution in [0.4, 0.5) is 4.79 Å². The van der Waals surface area contributed by atoms with Crippen molar-refractivity contribution in [1.29, 1.82) is 0 Å². The van der Waals surface area contributed by atoms with Crippen molar-refractivity contribution in [2.45, 2.75) is 49.4 Å². The van der Waals surface area contributed by atoms with Crippen LogP contribution < -0.4 is 0 Å². The topological polar surface area (TPSA) is 90.2 Å². The zero-order valence-electron chi connectivity index (χ0n) is 20.6. The molecule has 0 bridgehead atoms. The van der Waals surface area contributed by atoms with Gasteiger partial charge in [-0.05, 0) is 82.1 Å². The van der Waals surface area contributed by atoms with E-state index in [1.54, 1.807) is 17.3 Å². The van der Waals surface area contributed by atoms with E-state index in [2.05, 4.69) is 9.97 Å². The lowest BCUT2D eigenvalue weighted by Gasteiger charge is -2.33. The third kappa shape index (κ3) is 5.02. The summed E-state index contributed by atoms with van der Waals surface area (Å²) in [5.41, 5.74) is 2.62. The zero-order chi connectivity index (χ0) is 25.3. The Hall–Kier alpha value is -3.59. The summed E-state index contributed by atoms with van der Waals surface area (Å²) in [6.45, 7) is 6.67. The molecule has 1 atom stereocenters. The number of piperidine rings is 1. The van der Waals surface area contributed by atoms with Crippen LogP contribution >= 0.6 is 0 Å². The molecule has 0 saturated carbocycles. The number of carbonyl (C=O) groups excluding carboxylic acids is 1.